The van der Waals surface area contributed by atoms with Crippen molar-refractivity contribution >= 4 is 40.6 Å². The minimum atomic E-state index is -0.489. The lowest BCUT2D eigenvalue weighted by Crippen LogP contribution is -2.20. The van der Waals surface area contributed by atoms with Crippen LogP contribution in [-0.2, 0) is 0 Å². The zero-order valence-corrected chi connectivity index (χ0v) is 12.0. The van der Waals surface area contributed by atoms with Crippen LogP contribution in [0.1, 0.15) is 5.56 Å². The van der Waals surface area contributed by atoms with Gasteiger partial charge in [-0.25, -0.2) is 9.18 Å². The SMILES string of the molecule is Cc1cc(Cl)c(Cl)cc1NC(=O)Nc1cccc(F)c1. The summed E-state index contributed by atoms with van der Waals surface area (Å²) in [5.41, 5.74) is 1.67. The molecule has 3 nitrogen and oxygen atoms in total. The minimum Gasteiger partial charge on any atom is -0.308 e. The molecule has 0 fully saturated rings. The van der Waals surface area contributed by atoms with Crippen molar-refractivity contribution in [1.82, 2.24) is 0 Å². The van der Waals surface area contributed by atoms with Crippen molar-refractivity contribution in [3.05, 3.63) is 57.8 Å². The van der Waals surface area contributed by atoms with E-state index in [1.165, 1.54) is 18.2 Å². The van der Waals surface area contributed by atoms with E-state index in [9.17, 15) is 9.18 Å². The van der Waals surface area contributed by atoms with Gasteiger partial charge in [0.15, 0.2) is 0 Å². The van der Waals surface area contributed by atoms with Crippen LogP contribution < -0.4 is 10.6 Å². The van der Waals surface area contributed by atoms with E-state index in [4.69, 9.17) is 23.2 Å². The highest BCUT2D eigenvalue weighted by atomic mass is 35.5. The molecule has 0 saturated carbocycles. The van der Waals surface area contributed by atoms with Gasteiger partial charge in [-0.05, 0) is 42.8 Å². The van der Waals surface area contributed by atoms with E-state index in [2.05, 4.69) is 10.6 Å². The van der Waals surface area contributed by atoms with Crippen LogP contribution in [-0.4, -0.2) is 6.03 Å². The molecule has 0 heterocycles. The van der Waals surface area contributed by atoms with Crippen LogP contribution in [0.4, 0.5) is 20.6 Å². The Morgan fingerprint density at radius 3 is 2.50 bits per heavy atom. The number of nitrogens with one attached hydrogen (secondary N) is 2. The quantitative estimate of drug-likeness (QED) is 0.797. The van der Waals surface area contributed by atoms with E-state index in [0.29, 0.717) is 21.4 Å². The second-order valence-electron chi connectivity index (χ2n) is 4.17. The Kier molecular flexibility index (Phi) is 4.47. The van der Waals surface area contributed by atoms with Crippen molar-refractivity contribution < 1.29 is 9.18 Å². The molecule has 0 saturated heterocycles. The molecule has 0 aromatic heterocycles. The van der Waals surface area contributed by atoms with E-state index < -0.39 is 11.8 Å². The van der Waals surface area contributed by atoms with Gasteiger partial charge in [0.05, 0.1) is 10.0 Å². The van der Waals surface area contributed by atoms with Crippen molar-refractivity contribution in [2.45, 2.75) is 6.92 Å². The van der Waals surface area contributed by atoms with Crippen LogP contribution in [0.2, 0.25) is 10.0 Å². The van der Waals surface area contributed by atoms with Crippen molar-refractivity contribution in [3.63, 3.8) is 0 Å². The van der Waals surface area contributed by atoms with E-state index in [-0.39, 0.29) is 0 Å². The molecule has 104 valence electrons. The first-order valence-electron chi connectivity index (χ1n) is 5.75. The van der Waals surface area contributed by atoms with Crippen LogP contribution in [0.25, 0.3) is 0 Å². The molecule has 0 aliphatic rings. The van der Waals surface area contributed by atoms with Gasteiger partial charge < -0.3 is 10.6 Å². The lowest BCUT2D eigenvalue weighted by atomic mass is 10.2. The zero-order valence-electron chi connectivity index (χ0n) is 10.5. The second-order valence-corrected chi connectivity index (χ2v) is 4.99. The summed E-state index contributed by atoms with van der Waals surface area (Å²) in [4.78, 5) is 11.8. The number of carbonyl (C=O) groups is 1. The normalized spacial score (nSPS) is 10.2. The molecule has 0 spiro atoms. The van der Waals surface area contributed by atoms with E-state index in [0.717, 1.165) is 5.56 Å². The predicted octanol–water partition coefficient (Wildman–Crippen LogP) is 5.08. The van der Waals surface area contributed by atoms with E-state index in [1.54, 1.807) is 25.1 Å². The van der Waals surface area contributed by atoms with Crippen LogP contribution in [0.15, 0.2) is 36.4 Å². The van der Waals surface area contributed by atoms with E-state index in [1.807, 2.05) is 0 Å². The highest BCUT2D eigenvalue weighted by Crippen LogP contribution is 2.28. The van der Waals surface area contributed by atoms with Crippen molar-refractivity contribution in [1.29, 1.82) is 0 Å². The van der Waals surface area contributed by atoms with Gasteiger partial charge in [-0.15, -0.1) is 0 Å². The molecular weight excluding hydrogens is 302 g/mol. The fourth-order valence-corrected chi connectivity index (χ4v) is 2.01. The fourth-order valence-electron chi connectivity index (χ4n) is 1.63. The third kappa shape index (κ3) is 3.62. The molecule has 2 aromatic rings. The number of urea groups is 1. The van der Waals surface area contributed by atoms with Gasteiger partial charge in [-0.2, -0.15) is 0 Å². The number of halogens is 3. The topological polar surface area (TPSA) is 41.1 Å². The van der Waals surface area contributed by atoms with Crippen LogP contribution in [0.3, 0.4) is 0 Å². The summed E-state index contributed by atoms with van der Waals surface area (Å²) >= 11 is 11.8. The number of aryl methyl sites for hydroxylation is 1. The van der Waals surface area contributed by atoms with Crippen LogP contribution in [0, 0.1) is 12.7 Å². The van der Waals surface area contributed by atoms with Crippen molar-refractivity contribution in [2.24, 2.45) is 0 Å². The number of carbonyl (C=O) groups excluding carboxylic acids is 1. The van der Waals surface area contributed by atoms with Gasteiger partial charge in [0.2, 0.25) is 0 Å². The molecule has 6 heteroatoms. The Morgan fingerprint density at radius 2 is 1.80 bits per heavy atom. The maximum absolute atomic E-state index is 13.0. The molecule has 0 bridgehead atoms. The van der Waals surface area contributed by atoms with E-state index >= 15 is 0 Å². The predicted molar refractivity (Wildman–Crippen MR) is 80.2 cm³/mol. The van der Waals surface area contributed by atoms with Gasteiger partial charge >= 0.3 is 6.03 Å². The lowest BCUT2D eigenvalue weighted by molar-refractivity contribution is 0.262. The third-order valence-corrected chi connectivity index (χ3v) is 3.32. The second kappa shape index (κ2) is 6.11. The molecule has 0 radical (unpaired) electrons. The Morgan fingerprint density at radius 1 is 1.10 bits per heavy atom. The van der Waals surface area contributed by atoms with Crippen LogP contribution >= 0.6 is 23.2 Å². The number of benzene rings is 2. The molecule has 2 rings (SSSR count). The molecule has 0 atom stereocenters. The van der Waals surface area contributed by atoms with Crippen LogP contribution in [0.5, 0.6) is 0 Å². The Balaban J connectivity index is 2.10. The van der Waals surface area contributed by atoms with Gasteiger partial charge in [0.1, 0.15) is 5.82 Å². The Hall–Kier alpha value is -1.78. The van der Waals surface area contributed by atoms with Gasteiger partial charge in [-0.1, -0.05) is 29.3 Å². The first-order chi connectivity index (χ1) is 9.45. The molecule has 2 N–H and O–H groups in total. The smallest absolute Gasteiger partial charge is 0.308 e. The Bertz CT molecular complexity index is 662. The summed E-state index contributed by atoms with van der Waals surface area (Å²) < 4.78 is 13.0. The number of hydrogen-bond acceptors (Lipinski definition) is 1. The summed E-state index contributed by atoms with van der Waals surface area (Å²) in [5.74, 6) is -0.423. The summed E-state index contributed by atoms with van der Waals surface area (Å²) in [7, 11) is 0. The molecule has 0 aliphatic heterocycles. The lowest BCUT2D eigenvalue weighted by Gasteiger charge is -2.11. The first-order valence-corrected chi connectivity index (χ1v) is 6.50. The average Bonchev–Trinajstić information content (AvgIpc) is 2.36. The van der Waals surface area contributed by atoms with Gasteiger partial charge in [-0.3, -0.25) is 0 Å². The molecule has 0 aliphatic carbocycles. The summed E-state index contributed by atoms with van der Waals surface area (Å²) in [6.07, 6.45) is 0. The molecular formula is C14H11Cl2FN2O. The number of anilines is 2. The summed E-state index contributed by atoms with van der Waals surface area (Å²) in [5, 5.41) is 5.92. The molecule has 2 amide bonds. The van der Waals surface area contributed by atoms with Gasteiger partial charge in [0, 0.05) is 11.4 Å². The number of rotatable bonds is 2. The highest BCUT2D eigenvalue weighted by Gasteiger charge is 2.08. The summed E-state index contributed by atoms with van der Waals surface area (Å²) in [6, 6.07) is 8.34. The molecule has 20 heavy (non-hydrogen) atoms. The highest BCUT2D eigenvalue weighted by molar-refractivity contribution is 6.42. The third-order valence-electron chi connectivity index (χ3n) is 2.60. The first kappa shape index (κ1) is 14.6. The van der Waals surface area contributed by atoms with Crippen molar-refractivity contribution in [3.8, 4) is 0 Å². The maximum atomic E-state index is 13.0. The maximum Gasteiger partial charge on any atom is 0.323 e. The standard InChI is InChI=1S/C14H11Cl2FN2O/c1-8-5-11(15)12(16)7-13(8)19-14(20)18-10-4-2-3-9(17)6-10/h2-7H,1H3,(H2,18,19,20). The van der Waals surface area contributed by atoms with Gasteiger partial charge in [0.25, 0.3) is 0 Å². The minimum absolute atomic E-state index is 0.346. The fraction of sp³-hybridized carbons (Fsp3) is 0.0714. The zero-order chi connectivity index (χ0) is 14.7. The van der Waals surface area contributed by atoms with Crippen molar-refractivity contribution in [2.75, 3.05) is 10.6 Å². The average molecular weight is 313 g/mol. The number of hydrogen-bond donors (Lipinski definition) is 2. The summed E-state index contributed by atoms with van der Waals surface area (Å²) in [6.45, 7) is 1.79. The largest absolute Gasteiger partial charge is 0.323 e. The Labute approximate surface area is 125 Å². The molecule has 2 aromatic carbocycles. The number of amides is 2. The monoisotopic (exact) mass is 312 g/mol. The molecule has 0 unspecified atom stereocenters.